The number of fused-ring (bicyclic) bond motifs is 1. The molecule has 166 valence electrons. The third kappa shape index (κ3) is 5.47. The summed E-state index contributed by atoms with van der Waals surface area (Å²) in [6.45, 7) is 0.553. The first-order valence-electron chi connectivity index (χ1n) is 9.15. The molecule has 0 aliphatic carbocycles. The van der Waals surface area contributed by atoms with Crippen molar-refractivity contribution < 1.29 is 36.3 Å². The summed E-state index contributed by atoms with van der Waals surface area (Å²) >= 11 is 0. The second-order valence-electron chi connectivity index (χ2n) is 6.53. The van der Waals surface area contributed by atoms with Gasteiger partial charge in [-0.1, -0.05) is 0 Å². The molecule has 0 aromatic heterocycles. The van der Waals surface area contributed by atoms with Crippen molar-refractivity contribution in [2.75, 3.05) is 25.1 Å². The lowest BCUT2D eigenvalue weighted by molar-refractivity contribution is -0.116. The van der Waals surface area contributed by atoms with Crippen LogP contribution < -0.4 is 25.2 Å². The van der Waals surface area contributed by atoms with Crippen LogP contribution in [-0.4, -0.2) is 40.0 Å². The Morgan fingerprint density at radius 3 is 2.45 bits per heavy atom. The zero-order chi connectivity index (χ0) is 22.6. The van der Waals surface area contributed by atoms with Gasteiger partial charge in [-0.3, -0.25) is 9.59 Å². The lowest BCUT2D eigenvalue weighted by atomic mass is 10.1. The standard InChI is InChI=1S/C19H19F2N3O6S/c20-13-10-14(21)15(9-12(13)19(22)26)24-18(25)4-5-23-31(27,28)11-2-3-16-17(8-11)30-7-1-6-29-16/h2-3,8-10,23H,1,4-7H2,(H2,22,26)(H,24,25). The number of hydrogen-bond donors (Lipinski definition) is 3. The molecule has 4 N–H and O–H groups in total. The molecule has 2 amide bonds. The van der Waals surface area contributed by atoms with Gasteiger partial charge in [0.25, 0.3) is 5.91 Å². The van der Waals surface area contributed by atoms with Crippen LogP contribution in [0.1, 0.15) is 23.2 Å². The van der Waals surface area contributed by atoms with Crippen LogP contribution in [-0.2, 0) is 14.8 Å². The molecule has 31 heavy (non-hydrogen) atoms. The van der Waals surface area contributed by atoms with Crippen molar-refractivity contribution in [1.29, 1.82) is 0 Å². The number of nitrogens with one attached hydrogen (secondary N) is 2. The number of primary amides is 1. The molecule has 9 nitrogen and oxygen atoms in total. The Balaban J connectivity index is 1.61. The van der Waals surface area contributed by atoms with E-state index in [9.17, 15) is 26.8 Å². The van der Waals surface area contributed by atoms with Crippen LogP contribution in [0.25, 0.3) is 0 Å². The van der Waals surface area contributed by atoms with Crippen LogP contribution in [0, 0.1) is 11.6 Å². The topological polar surface area (TPSA) is 137 Å². The van der Waals surface area contributed by atoms with Crippen LogP contribution in [0.2, 0.25) is 0 Å². The highest BCUT2D eigenvalue weighted by atomic mass is 32.2. The Bertz CT molecular complexity index is 1120. The van der Waals surface area contributed by atoms with Crippen LogP contribution in [0.4, 0.5) is 14.5 Å². The van der Waals surface area contributed by atoms with Crippen molar-refractivity contribution in [2.45, 2.75) is 17.7 Å². The van der Waals surface area contributed by atoms with Crippen molar-refractivity contribution in [2.24, 2.45) is 5.73 Å². The largest absolute Gasteiger partial charge is 0.490 e. The smallest absolute Gasteiger partial charge is 0.251 e. The number of carbonyl (C=O) groups is 2. The molecule has 0 saturated carbocycles. The zero-order valence-corrected chi connectivity index (χ0v) is 16.9. The average molecular weight is 455 g/mol. The van der Waals surface area contributed by atoms with E-state index in [4.69, 9.17) is 15.2 Å². The summed E-state index contributed by atoms with van der Waals surface area (Å²) in [5.74, 6) is -3.42. The number of ether oxygens (including phenoxy) is 2. The molecule has 1 aliphatic heterocycles. The number of hydrogen-bond acceptors (Lipinski definition) is 6. The quantitative estimate of drug-likeness (QED) is 0.579. The number of benzene rings is 2. The fourth-order valence-electron chi connectivity index (χ4n) is 2.74. The van der Waals surface area contributed by atoms with Gasteiger partial charge < -0.3 is 20.5 Å². The summed E-state index contributed by atoms with van der Waals surface area (Å²) in [5, 5.41) is 2.15. The van der Waals surface area contributed by atoms with E-state index in [1.807, 2.05) is 0 Å². The zero-order valence-electron chi connectivity index (χ0n) is 16.1. The maximum Gasteiger partial charge on any atom is 0.251 e. The Morgan fingerprint density at radius 1 is 1.03 bits per heavy atom. The molecule has 0 bridgehead atoms. The number of carbonyl (C=O) groups excluding carboxylic acids is 2. The van der Waals surface area contributed by atoms with Crippen molar-refractivity contribution in [3.63, 3.8) is 0 Å². The van der Waals surface area contributed by atoms with E-state index in [-0.39, 0.29) is 17.9 Å². The fraction of sp³-hybridized carbons (Fsp3) is 0.263. The molecule has 1 aliphatic rings. The van der Waals surface area contributed by atoms with Gasteiger partial charge >= 0.3 is 0 Å². The van der Waals surface area contributed by atoms with Gasteiger partial charge in [-0.2, -0.15) is 0 Å². The lowest BCUT2D eigenvalue weighted by Crippen LogP contribution is -2.28. The third-order valence-electron chi connectivity index (χ3n) is 4.27. The molecule has 2 aromatic rings. The van der Waals surface area contributed by atoms with Crippen molar-refractivity contribution in [3.8, 4) is 11.5 Å². The molecule has 3 rings (SSSR count). The third-order valence-corrected chi connectivity index (χ3v) is 5.73. The number of amides is 2. The highest BCUT2D eigenvalue weighted by molar-refractivity contribution is 7.89. The lowest BCUT2D eigenvalue weighted by Gasteiger charge is -2.11. The number of sulfonamides is 1. The Hall–Kier alpha value is -3.25. The SMILES string of the molecule is NC(=O)c1cc(NC(=O)CCNS(=O)(=O)c2ccc3c(c2)OCCCO3)c(F)cc1F. The maximum absolute atomic E-state index is 13.8. The van der Waals surface area contributed by atoms with Crippen molar-refractivity contribution >= 4 is 27.5 Å². The number of anilines is 1. The van der Waals surface area contributed by atoms with Crippen LogP contribution in [0.15, 0.2) is 35.2 Å². The molecule has 0 saturated heterocycles. The summed E-state index contributed by atoms with van der Waals surface area (Å²) in [7, 11) is -3.96. The van der Waals surface area contributed by atoms with Crippen LogP contribution >= 0.6 is 0 Å². The monoisotopic (exact) mass is 455 g/mol. The minimum atomic E-state index is -3.96. The van der Waals surface area contributed by atoms with Gasteiger partial charge in [0.1, 0.15) is 11.6 Å². The minimum absolute atomic E-state index is 0.0761. The number of nitrogens with two attached hydrogens (primary N) is 1. The average Bonchev–Trinajstić information content (AvgIpc) is 2.94. The molecule has 0 unspecified atom stereocenters. The second-order valence-corrected chi connectivity index (χ2v) is 8.30. The van der Waals surface area contributed by atoms with Crippen molar-refractivity contribution in [1.82, 2.24) is 4.72 Å². The molecule has 0 fully saturated rings. The molecule has 0 atom stereocenters. The van der Waals surface area contributed by atoms with Gasteiger partial charge in [0.15, 0.2) is 11.5 Å². The van der Waals surface area contributed by atoms with E-state index in [2.05, 4.69) is 10.0 Å². The first-order valence-corrected chi connectivity index (χ1v) is 10.6. The molecular formula is C19H19F2N3O6S. The second kappa shape index (κ2) is 9.27. The Kier molecular flexibility index (Phi) is 6.71. The van der Waals surface area contributed by atoms with E-state index in [0.29, 0.717) is 37.2 Å². The first-order chi connectivity index (χ1) is 14.7. The highest BCUT2D eigenvalue weighted by Crippen LogP contribution is 2.31. The fourth-order valence-corrected chi connectivity index (χ4v) is 3.79. The molecular weight excluding hydrogens is 436 g/mol. The Morgan fingerprint density at radius 2 is 1.74 bits per heavy atom. The van der Waals surface area contributed by atoms with E-state index in [1.54, 1.807) is 0 Å². The predicted molar refractivity (Wildman–Crippen MR) is 105 cm³/mol. The van der Waals surface area contributed by atoms with Gasteiger partial charge in [0, 0.05) is 31.5 Å². The Labute approximate surface area is 176 Å². The summed E-state index contributed by atoms with van der Waals surface area (Å²) in [5.41, 5.74) is 3.95. The first kappa shape index (κ1) is 22.4. The summed E-state index contributed by atoms with van der Waals surface area (Å²) in [4.78, 5) is 23.1. The molecule has 12 heteroatoms. The maximum atomic E-state index is 13.8. The molecule has 0 radical (unpaired) electrons. The summed E-state index contributed by atoms with van der Waals surface area (Å²) < 4.78 is 65.4. The summed E-state index contributed by atoms with van der Waals surface area (Å²) in [6.07, 6.45) is 0.312. The molecule has 1 heterocycles. The van der Waals surface area contributed by atoms with Crippen LogP contribution in [0.5, 0.6) is 11.5 Å². The van der Waals surface area contributed by atoms with E-state index < -0.39 is 44.7 Å². The van der Waals surface area contributed by atoms with Gasteiger partial charge in [-0.15, -0.1) is 0 Å². The predicted octanol–water partition coefficient (Wildman–Crippen LogP) is 1.53. The van der Waals surface area contributed by atoms with Crippen LogP contribution in [0.3, 0.4) is 0 Å². The normalized spacial score (nSPS) is 13.4. The van der Waals surface area contributed by atoms with E-state index in [0.717, 1.165) is 6.07 Å². The number of halogens is 2. The summed E-state index contributed by atoms with van der Waals surface area (Å²) in [6, 6.07) is 5.34. The highest BCUT2D eigenvalue weighted by Gasteiger charge is 2.20. The van der Waals surface area contributed by atoms with E-state index in [1.165, 1.54) is 18.2 Å². The van der Waals surface area contributed by atoms with Gasteiger partial charge in [-0.25, -0.2) is 21.9 Å². The van der Waals surface area contributed by atoms with E-state index >= 15 is 0 Å². The van der Waals surface area contributed by atoms with Gasteiger partial charge in [-0.05, 0) is 18.2 Å². The molecule has 2 aromatic carbocycles. The molecule has 0 spiro atoms. The minimum Gasteiger partial charge on any atom is -0.490 e. The number of rotatable bonds is 7. The van der Waals surface area contributed by atoms with Gasteiger partial charge in [0.05, 0.1) is 29.4 Å². The van der Waals surface area contributed by atoms with Gasteiger partial charge in [0.2, 0.25) is 15.9 Å². The van der Waals surface area contributed by atoms with Crippen molar-refractivity contribution in [3.05, 3.63) is 47.5 Å².